The molecular formula is C22H35N5O3. The van der Waals surface area contributed by atoms with Gasteiger partial charge in [-0.25, -0.2) is 4.99 Å². The van der Waals surface area contributed by atoms with Crippen LogP contribution in [-0.2, 0) is 14.3 Å². The number of anilines is 1. The fourth-order valence-corrected chi connectivity index (χ4v) is 3.37. The Morgan fingerprint density at radius 3 is 2.43 bits per heavy atom. The predicted molar refractivity (Wildman–Crippen MR) is 120 cm³/mol. The molecule has 1 heterocycles. The zero-order chi connectivity index (χ0) is 21.9. The topological polar surface area (TPSA) is 77.5 Å². The highest BCUT2D eigenvalue weighted by atomic mass is 16.5. The van der Waals surface area contributed by atoms with E-state index in [0.29, 0.717) is 13.1 Å². The molecule has 0 saturated carbocycles. The minimum atomic E-state index is -0.146. The van der Waals surface area contributed by atoms with E-state index >= 15 is 0 Å². The summed E-state index contributed by atoms with van der Waals surface area (Å²) < 4.78 is 4.87. The second kappa shape index (κ2) is 12.0. The first-order chi connectivity index (χ1) is 14.4. The number of likely N-dealkylation sites (tertiary alicyclic amines) is 1. The van der Waals surface area contributed by atoms with E-state index in [4.69, 9.17) is 4.74 Å². The number of likely N-dealkylation sites (N-methyl/N-ethyl adjacent to an activating group) is 1. The van der Waals surface area contributed by atoms with E-state index < -0.39 is 0 Å². The molecule has 0 atom stereocenters. The van der Waals surface area contributed by atoms with Gasteiger partial charge in [0.2, 0.25) is 5.91 Å². The third-order valence-electron chi connectivity index (χ3n) is 5.34. The van der Waals surface area contributed by atoms with E-state index in [1.807, 2.05) is 18.2 Å². The van der Waals surface area contributed by atoms with Gasteiger partial charge in [0.1, 0.15) is 6.54 Å². The average Bonchev–Trinajstić information content (AvgIpc) is 2.78. The first-order valence-electron chi connectivity index (χ1n) is 10.5. The van der Waals surface area contributed by atoms with E-state index in [9.17, 15) is 9.59 Å². The van der Waals surface area contributed by atoms with Gasteiger partial charge in [0, 0.05) is 53.0 Å². The van der Waals surface area contributed by atoms with Gasteiger partial charge in [0.25, 0.3) is 0 Å². The molecule has 0 spiro atoms. The Hall–Kier alpha value is -2.77. The summed E-state index contributed by atoms with van der Waals surface area (Å²) in [5, 5.41) is 3.41. The Morgan fingerprint density at radius 1 is 1.17 bits per heavy atom. The van der Waals surface area contributed by atoms with Crippen molar-refractivity contribution in [2.24, 2.45) is 10.9 Å². The van der Waals surface area contributed by atoms with Crippen molar-refractivity contribution in [2.45, 2.75) is 19.3 Å². The first kappa shape index (κ1) is 23.5. The molecule has 0 bridgehead atoms. The summed E-state index contributed by atoms with van der Waals surface area (Å²) in [5.41, 5.74) is 1.19. The normalized spacial score (nSPS) is 14.9. The van der Waals surface area contributed by atoms with Gasteiger partial charge >= 0.3 is 5.97 Å². The number of guanidine groups is 1. The van der Waals surface area contributed by atoms with Crippen LogP contribution in [0.25, 0.3) is 0 Å². The molecule has 0 aliphatic carbocycles. The number of carbonyl (C=O) groups is 2. The lowest BCUT2D eigenvalue weighted by Gasteiger charge is -2.33. The van der Waals surface area contributed by atoms with Crippen LogP contribution in [0.15, 0.2) is 35.3 Å². The lowest BCUT2D eigenvalue weighted by Crippen LogP contribution is -2.47. The molecule has 1 aliphatic heterocycles. The number of rotatable bonds is 8. The van der Waals surface area contributed by atoms with E-state index in [1.165, 1.54) is 12.8 Å². The smallest absolute Gasteiger partial charge is 0.308 e. The van der Waals surface area contributed by atoms with Gasteiger partial charge in [-0.05, 0) is 31.4 Å². The molecule has 166 valence electrons. The van der Waals surface area contributed by atoms with Crippen LogP contribution in [0.4, 0.5) is 5.69 Å². The third kappa shape index (κ3) is 7.24. The molecule has 1 aliphatic rings. The van der Waals surface area contributed by atoms with Crippen LogP contribution >= 0.6 is 0 Å². The SMILES string of the molecule is COC(=O)C1CCN(C(=NCC(=O)N(C)C)NCCCN(C)c2ccccc2)CC1. The molecule has 1 aromatic rings. The van der Waals surface area contributed by atoms with Crippen LogP contribution in [0.1, 0.15) is 19.3 Å². The Kier molecular flexibility index (Phi) is 9.44. The molecule has 1 aromatic carbocycles. The van der Waals surface area contributed by atoms with Gasteiger partial charge in [-0.15, -0.1) is 0 Å². The Morgan fingerprint density at radius 2 is 1.83 bits per heavy atom. The molecule has 1 fully saturated rings. The summed E-state index contributed by atoms with van der Waals surface area (Å²) in [6.45, 7) is 3.20. The van der Waals surface area contributed by atoms with E-state index in [2.05, 4.69) is 39.3 Å². The van der Waals surface area contributed by atoms with E-state index in [-0.39, 0.29) is 24.3 Å². The van der Waals surface area contributed by atoms with Crippen molar-refractivity contribution >= 4 is 23.5 Å². The molecule has 1 N–H and O–H groups in total. The van der Waals surface area contributed by atoms with Gasteiger partial charge in [0.05, 0.1) is 13.0 Å². The molecular weight excluding hydrogens is 382 g/mol. The molecule has 0 unspecified atom stereocenters. The highest BCUT2D eigenvalue weighted by Gasteiger charge is 2.27. The van der Waals surface area contributed by atoms with Gasteiger partial charge in [-0.3, -0.25) is 9.59 Å². The van der Waals surface area contributed by atoms with Crippen LogP contribution < -0.4 is 10.2 Å². The van der Waals surface area contributed by atoms with Gasteiger partial charge in [-0.1, -0.05) is 18.2 Å². The number of hydrogen-bond donors (Lipinski definition) is 1. The minimum absolute atomic E-state index is 0.0393. The summed E-state index contributed by atoms with van der Waals surface area (Å²) in [4.78, 5) is 34.2. The fourth-order valence-electron chi connectivity index (χ4n) is 3.37. The average molecular weight is 418 g/mol. The molecule has 2 rings (SSSR count). The fraction of sp³-hybridized carbons (Fsp3) is 0.591. The highest BCUT2D eigenvalue weighted by molar-refractivity contribution is 5.85. The number of aliphatic imine (C=N–C) groups is 1. The number of piperidine rings is 1. The maximum Gasteiger partial charge on any atom is 0.308 e. The number of nitrogens with one attached hydrogen (secondary N) is 1. The van der Waals surface area contributed by atoms with Crippen molar-refractivity contribution in [1.82, 2.24) is 15.1 Å². The Labute approximate surface area is 179 Å². The summed E-state index contributed by atoms with van der Waals surface area (Å²) in [7, 11) is 6.97. The van der Waals surface area contributed by atoms with E-state index in [1.54, 1.807) is 19.0 Å². The maximum atomic E-state index is 12.0. The number of carbonyl (C=O) groups excluding carboxylic acids is 2. The predicted octanol–water partition coefficient (Wildman–Crippen LogP) is 1.43. The third-order valence-corrected chi connectivity index (χ3v) is 5.34. The van der Waals surface area contributed by atoms with Crippen LogP contribution in [0.5, 0.6) is 0 Å². The molecule has 8 heteroatoms. The lowest BCUT2D eigenvalue weighted by molar-refractivity contribution is -0.146. The van der Waals surface area contributed by atoms with E-state index in [0.717, 1.165) is 38.3 Å². The molecule has 0 aromatic heterocycles. The summed E-state index contributed by atoms with van der Waals surface area (Å²) in [6.07, 6.45) is 2.39. The number of nitrogens with zero attached hydrogens (tertiary/aromatic N) is 4. The highest BCUT2D eigenvalue weighted by Crippen LogP contribution is 2.18. The van der Waals surface area contributed by atoms with Gasteiger partial charge in [0.15, 0.2) is 5.96 Å². The minimum Gasteiger partial charge on any atom is -0.469 e. The second-order valence-electron chi connectivity index (χ2n) is 7.75. The maximum absolute atomic E-state index is 12.0. The van der Waals surface area contributed by atoms with Crippen molar-refractivity contribution in [3.63, 3.8) is 0 Å². The second-order valence-corrected chi connectivity index (χ2v) is 7.75. The van der Waals surface area contributed by atoms with Crippen molar-refractivity contribution in [2.75, 3.05) is 65.9 Å². The number of benzene rings is 1. The number of para-hydroxylation sites is 1. The number of methoxy groups -OCH3 is 1. The molecule has 1 amide bonds. The van der Waals surface area contributed by atoms with Crippen molar-refractivity contribution < 1.29 is 14.3 Å². The van der Waals surface area contributed by atoms with Crippen molar-refractivity contribution in [1.29, 1.82) is 0 Å². The number of hydrogen-bond acceptors (Lipinski definition) is 5. The van der Waals surface area contributed by atoms with Crippen molar-refractivity contribution in [3.8, 4) is 0 Å². The molecule has 0 radical (unpaired) electrons. The van der Waals surface area contributed by atoms with Crippen LogP contribution in [0.3, 0.4) is 0 Å². The van der Waals surface area contributed by atoms with Crippen molar-refractivity contribution in [3.05, 3.63) is 30.3 Å². The summed E-state index contributed by atoms with van der Waals surface area (Å²) >= 11 is 0. The molecule has 1 saturated heterocycles. The summed E-state index contributed by atoms with van der Waals surface area (Å²) in [5.74, 6) is 0.488. The van der Waals surface area contributed by atoms with Crippen LogP contribution in [0.2, 0.25) is 0 Å². The zero-order valence-corrected chi connectivity index (χ0v) is 18.6. The Bertz CT molecular complexity index is 700. The standard InChI is InChI=1S/C22H35N5O3/c1-25(2)20(28)17-24-22(27-15-11-18(12-16-27)21(29)30-4)23-13-8-14-26(3)19-9-6-5-7-10-19/h5-7,9-10,18H,8,11-17H2,1-4H3,(H,23,24). The summed E-state index contributed by atoms with van der Waals surface area (Å²) in [6, 6.07) is 10.3. The monoisotopic (exact) mass is 417 g/mol. The number of esters is 1. The molecule has 8 nitrogen and oxygen atoms in total. The number of ether oxygens (including phenoxy) is 1. The number of amides is 1. The zero-order valence-electron chi connectivity index (χ0n) is 18.6. The quantitative estimate of drug-likeness (QED) is 0.298. The van der Waals surface area contributed by atoms with Crippen LogP contribution in [-0.4, -0.2) is 88.6 Å². The Balaban J connectivity index is 1.89. The lowest BCUT2D eigenvalue weighted by atomic mass is 9.97. The first-order valence-corrected chi connectivity index (χ1v) is 10.5. The van der Waals surface area contributed by atoms with Gasteiger partial charge in [-0.2, -0.15) is 0 Å². The largest absolute Gasteiger partial charge is 0.469 e. The molecule has 30 heavy (non-hydrogen) atoms. The van der Waals surface area contributed by atoms with Crippen LogP contribution in [0, 0.1) is 5.92 Å². The van der Waals surface area contributed by atoms with Gasteiger partial charge < -0.3 is 24.8 Å².